The number of rotatable bonds is 3. The highest BCUT2D eigenvalue weighted by atomic mass is 17.0. The predicted octanol–water partition coefficient (Wildman–Crippen LogP) is 0.465. The lowest BCUT2D eigenvalue weighted by Gasteiger charge is -2.02. The van der Waals surface area contributed by atoms with Crippen LogP contribution in [0, 0.1) is 10.1 Å². The molecule has 0 aromatic heterocycles. The Balaban J connectivity index is 2.41. The summed E-state index contributed by atoms with van der Waals surface area (Å²) in [6, 6.07) is 8.56. The Morgan fingerprint density at radius 3 is 2.38 bits per heavy atom. The topological polar surface area (TPSA) is 95.7 Å². The number of carbonyl (C=O) groups is 2. The second-order valence-electron chi connectivity index (χ2n) is 2.66. The molecule has 1 rings (SSSR count). The highest BCUT2D eigenvalue weighted by Gasteiger charge is 2.19. The summed E-state index contributed by atoms with van der Waals surface area (Å²) in [7, 11) is 0. The summed E-state index contributed by atoms with van der Waals surface area (Å²) in [5, 5.41) is 8.37. The molecule has 7 heteroatoms. The zero-order valence-electron chi connectivity index (χ0n) is 7.99. The zero-order valence-corrected chi connectivity index (χ0v) is 7.99. The van der Waals surface area contributed by atoms with E-state index in [0.717, 1.165) is 0 Å². The second-order valence-corrected chi connectivity index (χ2v) is 2.66. The number of nitrogens with zero attached hydrogens (tertiary/aromatic N) is 1. The van der Waals surface area contributed by atoms with Crippen molar-refractivity contribution < 1.29 is 24.3 Å². The van der Waals surface area contributed by atoms with Crippen LogP contribution in [0.15, 0.2) is 30.3 Å². The van der Waals surface area contributed by atoms with E-state index in [4.69, 9.17) is 0 Å². The van der Waals surface area contributed by atoms with E-state index in [2.05, 4.69) is 9.57 Å². The molecule has 7 nitrogen and oxygen atoms in total. The average molecular weight is 225 g/mol. The van der Waals surface area contributed by atoms with Crippen LogP contribution in [0.3, 0.4) is 0 Å². The van der Waals surface area contributed by atoms with Gasteiger partial charge in [0.15, 0.2) is 0 Å². The summed E-state index contributed by atoms with van der Waals surface area (Å²) < 4.78 is 4.47. The lowest BCUT2D eigenvalue weighted by Crippen LogP contribution is -2.22. The Kier molecular flexibility index (Phi) is 3.96. The fraction of sp³-hybridized carbons (Fsp3) is 0.111. The van der Waals surface area contributed by atoms with E-state index in [1.807, 2.05) is 0 Å². The maximum Gasteiger partial charge on any atom is 0.411 e. The third-order valence-electron chi connectivity index (χ3n) is 1.54. The maximum absolute atomic E-state index is 10.9. The van der Waals surface area contributed by atoms with Crippen LogP contribution in [0.2, 0.25) is 0 Å². The molecular formula is C9H7NO6. The summed E-state index contributed by atoms with van der Waals surface area (Å²) in [4.78, 5) is 34.6. The first-order valence-corrected chi connectivity index (χ1v) is 4.17. The average Bonchev–Trinajstić information content (AvgIpc) is 2.26. The van der Waals surface area contributed by atoms with Crippen molar-refractivity contribution in [1.82, 2.24) is 0 Å². The van der Waals surface area contributed by atoms with Gasteiger partial charge in [-0.3, -0.25) is 4.79 Å². The number of ether oxygens (including phenoxy) is 1. The molecule has 0 N–H and O–H groups in total. The molecule has 0 aliphatic heterocycles. The number of hydrogen-bond acceptors (Lipinski definition) is 6. The predicted molar refractivity (Wildman–Crippen MR) is 49.3 cm³/mol. The number of benzene rings is 1. The van der Waals surface area contributed by atoms with Gasteiger partial charge < -0.3 is 4.74 Å². The van der Waals surface area contributed by atoms with Gasteiger partial charge >= 0.3 is 17.0 Å². The second kappa shape index (κ2) is 5.44. The molecule has 0 saturated carbocycles. The Hall–Kier alpha value is -2.44. The maximum atomic E-state index is 10.9. The van der Waals surface area contributed by atoms with Gasteiger partial charge in [-0.05, 0) is 5.56 Å². The van der Waals surface area contributed by atoms with Crippen LogP contribution in [0.5, 0.6) is 0 Å². The summed E-state index contributed by atoms with van der Waals surface area (Å²) in [6.07, 6.45) is 0. The van der Waals surface area contributed by atoms with Crippen molar-refractivity contribution in [2.45, 2.75) is 6.61 Å². The van der Waals surface area contributed by atoms with Crippen molar-refractivity contribution in [3.05, 3.63) is 46.0 Å². The van der Waals surface area contributed by atoms with Gasteiger partial charge in [0.05, 0.1) is 0 Å². The monoisotopic (exact) mass is 225 g/mol. The first kappa shape index (κ1) is 11.6. The molecular weight excluding hydrogens is 218 g/mol. The number of esters is 1. The van der Waals surface area contributed by atoms with Crippen LogP contribution < -0.4 is 0 Å². The molecule has 0 radical (unpaired) electrons. The fourth-order valence-corrected chi connectivity index (χ4v) is 0.887. The first-order chi connectivity index (χ1) is 7.59. The van der Waals surface area contributed by atoms with E-state index in [9.17, 15) is 19.7 Å². The summed E-state index contributed by atoms with van der Waals surface area (Å²) >= 11 is 0. The van der Waals surface area contributed by atoms with E-state index in [-0.39, 0.29) is 6.61 Å². The van der Waals surface area contributed by atoms with Gasteiger partial charge in [-0.1, -0.05) is 30.3 Å². The molecule has 1 aromatic carbocycles. The van der Waals surface area contributed by atoms with Gasteiger partial charge in [-0.2, -0.15) is 0 Å². The minimum absolute atomic E-state index is 0.146. The molecule has 0 unspecified atom stereocenters. The molecule has 84 valence electrons. The van der Waals surface area contributed by atoms with E-state index in [1.54, 1.807) is 30.3 Å². The van der Waals surface area contributed by atoms with Gasteiger partial charge in [-0.25, -0.2) is 9.63 Å². The summed E-state index contributed by atoms with van der Waals surface area (Å²) in [5.74, 6) is -3.05. The summed E-state index contributed by atoms with van der Waals surface area (Å²) in [5.41, 5.74) is 0.657. The number of carbonyl (C=O) groups excluding carboxylic acids is 2. The quantitative estimate of drug-likeness (QED) is 0.321. The Bertz CT molecular complexity index is 402. The fourth-order valence-electron chi connectivity index (χ4n) is 0.887. The summed E-state index contributed by atoms with van der Waals surface area (Å²) in [6.45, 7) is -0.146. The lowest BCUT2D eigenvalue weighted by molar-refractivity contribution is -0.728. The molecule has 0 aliphatic carbocycles. The molecule has 0 fully saturated rings. The molecule has 0 saturated heterocycles. The van der Waals surface area contributed by atoms with Crippen LogP contribution in [-0.2, 0) is 25.8 Å². The van der Waals surface area contributed by atoms with Gasteiger partial charge in [0.2, 0.25) is 0 Å². The highest BCUT2D eigenvalue weighted by molar-refractivity contribution is 6.29. The standard InChI is InChI=1S/C9H7NO6/c11-8(9(12)16-10(13)14)15-6-7-4-2-1-3-5-7/h1-5H,6H2. The van der Waals surface area contributed by atoms with Gasteiger partial charge in [-0.15, -0.1) is 10.1 Å². The molecule has 0 spiro atoms. The Labute approximate surface area is 89.7 Å². The van der Waals surface area contributed by atoms with Crippen molar-refractivity contribution in [2.24, 2.45) is 0 Å². The van der Waals surface area contributed by atoms with E-state index < -0.39 is 17.0 Å². The molecule has 0 heterocycles. The van der Waals surface area contributed by atoms with Crippen molar-refractivity contribution >= 4 is 11.9 Å². The SMILES string of the molecule is O=C(OCc1ccccc1)C(=O)O[N+](=O)[O-]. The van der Waals surface area contributed by atoms with Crippen molar-refractivity contribution in [3.63, 3.8) is 0 Å². The highest BCUT2D eigenvalue weighted by Crippen LogP contribution is 2.00. The first-order valence-electron chi connectivity index (χ1n) is 4.17. The molecule has 0 bridgehead atoms. The van der Waals surface area contributed by atoms with E-state index in [1.165, 1.54) is 0 Å². The van der Waals surface area contributed by atoms with Gasteiger partial charge in [0.25, 0.3) is 0 Å². The Morgan fingerprint density at radius 1 is 1.19 bits per heavy atom. The van der Waals surface area contributed by atoms with Crippen LogP contribution in [0.4, 0.5) is 0 Å². The molecule has 16 heavy (non-hydrogen) atoms. The van der Waals surface area contributed by atoms with Gasteiger partial charge in [0, 0.05) is 0 Å². The smallest absolute Gasteiger partial charge is 0.411 e. The van der Waals surface area contributed by atoms with Crippen LogP contribution >= 0.6 is 0 Å². The van der Waals surface area contributed by atoms with Crippen molar-refractivity contribution in [3.8, 4) is 0 Å². The van der Waals surface area contributed by atoms with E-state index >= 15 is 0 Å². The van der Waals surface area contributed by atoms with Crippen LogP contribution in [0.25, 0.3) is 0 Å². The lowest BCUT2D eigenvalue weighted by atomic mass is 10.2. The normalized spacial score (nSPS) is 9.25. The van der Waals surface area contributed by atoms with Crippen molar-refractivity contribution in [2.75, 3.05) is 0 Å². The molecule has 0 atom stereocenters. The van der Waals surface area contributed by atoms with Crippen LogP contribution in [-0.4, -0.2) is 17.0 Å². The van der Waals surface area contributed by atoms with Gasteiger partial charge in [0.1, 0.15) is 6.61 Å². The zero-order chi connectivity index (χ0) is 12.0. The third kappa shape index (κ3) is 3.74. The molecule has 0 amide bonds. The third-order valence-corrected chi connectivity index (χ3v) is 1.54. The molecule has 1 aromatic rings. The largest absolute Gasteiger partial charge is 0.454 e. The minimum atomic E-state index is -1.65. The van der Waals surface area contributed by atoms with Crippen LogP contribution in [0.1, 0.15) is 5.56 Å². The minimum Gasteiger partial charge on any atom is -0.454 e. The Morgan fingerprint density at radius 2 is 1.81 bits per heavy atom. The number of hydrogen-bond donors (Lipinski definition) is 0. The molecule has 0 aliphatic rings. The van der Waals surface area contributed by atoms with Crippen molar-refractivity contribution in [1.29, 1.82) is 0 Å². The van der Waals surface area contributed by atoms with E-state index in [0.29, 0.717) is 5.56 Å².